The highest BCUT2D eigenvalue weighted by molar-refractivity contribution is 7.91. The number of fused-ring (bicyclic) bond motifs is 7. The van der Waals surface area contributed by atoms with Crippen LogP contribution in [0.25, 0.3) is 21.8 Å². The van der Waals surface area contributed by atoms with Gasteiger partial charge in [-0.15, -0.1) is 0 Å². The summed E-state index contributed by atoms with van der Waals surface area (Å²) in [5, 5.41) is 7.11. The number of benzene rings is 2. The van der Waals surface area contributed by atoms with Crippen molar-refractivity contribution in [2.24, 2.45) is 23.2 Å². The molecule has 8 atom stereocenters. The van der Waals surface area contributed by atoms with Crippen LogP contribution >= 0.6 is 0 Å². The monoisotopic (exact) mass is 866 g/mol. The summed E-state index contributed by atoms with van der Waals surface area (Å²) in [6.45, 7) is 8.75. The van der Waals surface area contributed by atoms with Gasteiger partial charge in [-0.2, -0.15) is 0 Å². The van der Waals surface area contributed by atoms with Crippen molar-refractivity contribution in [1.29, 1.82) is 0 Å². The Morgan fingerprint density at radius 3 is 2.46 bits per heavy atom. The first-order valence-corrected chi connectivity index (χ1v) is 23.1. The van der Waals surface area contributed by atoms with Gasteiger partial charge < -0.3 is 25.0 Å². The fourth-order valence-electron chi connectivity index (χ4n) is 9.53. The average molecular weight is 867 g/mol. The number of aryl methyl sites for hydroxylation is 1. The molecule has 1 saturated heterocycles. The molecule has 2 aromatic carbocycles. The van der Waals surface area contributed by atoms with Crippen LogP contribution in [0.3, 0.4) is 0 Å². The van der Waals surface area contributed by atoms with Gasteiger partial charge in [-0.1, -0.05) is 70.9 Å². The van der Waals surface area contributed by atoms with Gasteiger partial charge in [0.05, 0.1) is 22.7 Å². The highest BCUT2D eigenvalue weighted by atomic mass is 32.2. The Morgan fingerprint density at radius 2 is 1.75 bits per heavy atom. The minimum atomic E-state index is -4.24. The maximum absolute atomic E-state index is 14.9. The van der Waals surface area contributed by atoms with E-state index >= 15 is 0 Å². The van der Waals surface area contributed by atoms with Crippen molar-refractivity contribution >= 4 is 55.6 Å². The molecule has 4 fully saturated rings. The minimum Gasteiger partial charge on any atom is -0.471 e. The van der Waals surface area contributed by atoms with E-state index in [4.69, 9.17) is 19.4 Å². The number of ether oxygens (including phenoxy) is 2. The Bertz CT molecular complexity index is 2350. The summed E-state index contributed by atoms with van der Waals surface area (Å²) in [6, 6.07) is 9.10. The van der Waals surface area contributed by atoms with Crippen LogP contribution in [0.4, 0.5) is 13.6 Å². The van der Waals surface area contributed by atoms with Crippen LogP contribution in [0.5, 0.6) is 5.88 Å². The smallest absolute Gasteiger partial charge is 0.408 e. The van der Waals surface area contributed by atoms with Gasteiger partial charge in [0, 0.05) is 11.8 Å². The van der Waals surface area contributed by atoms with E-state index in [1.165, 1.54) is 11.8 Å². The molecule has 3 N–H and O–H groups in total. The second kappa shape index (κ2) is 15.9. The van der Waals surface area contributed by atoms with Crippen LogP contribution < -0.4 is 20.1 Å². The molecular weight excluding hydrogens is 811 g/mol. The summed E-state index contributed by atoms with van der Waals surface area (Å²) in [6.07, 6.45) is 0.503. The van der Waals surface area contributed by atoms with E-state index in [1.54, 1.807) is 20.8 Å². The molecule has 5 aliphatic rings. The second-order valence-corrected chi connectivity index (χ2v) is 21.5. The van der Waals surface area contributed by atoms with E-state index in [1.807, 2.05) is 41.1 Å². The van der Waals surface area contributed by atoms with Gasteiger partial charge in [-0.3, -0.25) is 19.1 Å². The van der Waals surface area contributed by atoms with Crippen molar-refractivity contribution in [3.63, 3.8) is 0 Å². The molecule has 3 aliphatic carbocycles. The summed E-state index contributed by atoms with van der Waals surface area (Å²) in [4.78, 5) is 68.0. The Balaban J connectivity index is 1.16. The molecule has 61 heavy (non-hydrogen) atoms. The van der Waals surface area contributed by atoms with Gasteiger partial charge in [0.1, 0.15) is 41.0 Å². The number of aromatic nitrogens is 2. The first-order valence-electron chi connectivity index (χ1n) is 21.6. The lowest BCUT2D eigenvalue weighted by molar-refractivity contribution is -0.143. The number of rotatable bonds is 6. The first-order chi connectivity index (χ1) is 28.8. The summed E-state index contributed by atoms with van der Waals surface area (Å²) < 4.78 is 68.3. The van der Waals surface area contributed by atoms with Gasteiger partial charge >= 0.3 is 6.09 Å². The zero-order chi connectivity index (χ0) is 43.6. The SMILES string of the molecule is CC1CCC2OC(=O)NC(C(C)(C)C)C(=O)N3CC(CC3C(=O)NC3(C(=O)NS(=O)(=O)C4(C)CC4)CC3C(F)F)Oc3nc4c(ccc5ccccc54)nc3CCCCCC12. The highest BCUT2D eigenvalue weighted by Crippen LogP contribution is 2.49. The number of carbonyl (C=O) groups excluding carboxylic acids is 4. The highest BCUT2D eigenvalue weighted by Gasteiger charge is 2.67. The van der Waals surface area contributed by atoms with Gasteiger partial charge in [0.2, 0.25) is 34.1 Å². The summed E-state index contributed by atoms with van der Waals surface area (Å²) in [7, 11) is -4.24. The molecule has 3 aromatic rings. The molecule has 0 radical (unpaired) electrons. The lowest BCUT2D eigenvalue weighted by Gasteiger charge is -2.35. The maximum atomic E-state index is 14.9. The summed E-state index contributed by atoms with van der Waals surface area (Å²) >= 11 is 0. The largest absolute Gasteiger partial charge is 0.471 e. The molecule has 3 heterocycles. The topological polar surface area (TPSA) is 186 Å². The van der Waals surface area contributed by atoms with Crippen LogP contribution in [0, 0.1) is 23.2 Å². The van der Waals surface area contributed by atoms with Crippen molar-refractivity contribution < 1.29 is 45.9 Å². The molecule has 8 rings (SSSR count). The Morgan fingerprint density at radius 1 is 1.00 bits per heavy atom. The van der Waals surface area contributed by atoms with Crippen molar-refractivity contribution in [2.75, 3.05) is 6.54 Å². The van der Waals surface area contributed by atoms with E-state index in [0.29, 0.717) is 48.3 Å². The maximum Gasteiger partial charge on any atom is 0.408 e. The van der Waals surface area contributed by atoms with E-state index in [0.717, 1.165) is 42.9 Å². The summed E-state index contributed by atoms with van der Waals surface area (Å²) in [5.41, 5.74) is -1.22. The normalized spacial score (nSPS) is 30.6. The molecular formula is C44H56F2N6O8S. The fourth-order valence-corrected chi connectivity index (χ4v) is 10.8. The van der Waals surface area contributed by atoms with Gasteiger partial charge in [0.15, 0.2) is 0 Å². The number of sulfonamides is 1. The molecule has 2 bridgehead atoms. The zero-order valence-electron chi connectivity index (χ0n) is 35.3. The third-order valence-electron chi connectivity index (χ3n) is 13.8. The van der Waals surface area contributed by atoms with E-state index in [2.05, 4.69) is 17.6 Å². The van der Waals surface area contributed by atoms with Gasteiger partial charge in [-0.25, -0.2) is 32.0 Å². The van der Waals surface area contributed by atoms with Crippen molar-refractivity contribution in [1.82, 2.24) is 30.2 Å². The van der Waals surface area contributed by atoms with E-state index < -0.39 is 86.5 Å². The number of hydrogen-bond acceptors (Lipinski definition) is 10. The van der Waals surface area contributed by atoms with Crippen molar-refractivity contribution in [3.05, 3.63) is 42.1 Å². The van der Waals surface area contributed by atoms with E-state index in [-0.39, 0.29) is 30.9 Å². The van der Waals surface area contributed by atoms with E-state index in [9.17, 15) is 36.4 Å². The number of nitrogens with zero attached hydrogens (tertiary/aromatic N) is 3. The van der Waals surface area contributed by atoms with Crippen LogP contribution in [0.15, 0.2) is 36.4 Å². The minimum absolute atomic E-state index is 0.136. The number of alkyl carbamates (subject to hydrolysis) is 1. The molecule has 8 unspecified atom stereocenters. The number of carbonyl (C=O) groups is 4. The van der Waals surface area contributed by atoms with Crippen molar-refractivity contribution in [3.8, 4) is 5.88 Å². The molecule has 0 spiro atoms. The molecule has 330 valence electrons. The van der Waals surface area contributed by atoms with Crippen LogP contribution in [-0.4, -0.2) is 94.6 Å². The standard InChI is InChI=1S/C44H56F2N6O8S/c1-24-15-18-33-27(24)12-7-6-8-14-31-38(48-34-28-13-10-9-11-25(28)16-17-30(34)47-31)59-26-21-32(52(23-26)39(54)35(42(2,3)4)49-41(56)60-33)37(53)50-44(22-29(44)36(45)46)40(55)51-61(57,58)43(5)19-20-43/h9-11,13,16-17,24,26-27,29,32-33,35-36H,6-8,12,14-15,18-23H2,1-5H3,(H,49,56)(H,50,53)(H,51,55). The Hall–Kier alpha value is -4.67. The number of nitrogens with one attached hydrogen (secondary N) is 3. The molecule has 4 amide bonds. The van der Waals surface area contributed by atoms with Crippen LogP contribution in [0.2, 0.25) is 0 Å². The fraction of sp³-hybridized carbons (Fsp3) is 0.636. The lowest BCUT2D eigenvalue weighted by atomic mass is 9.85. The Kier molecular flexibility index (Phi) is 11.2. The number of hydrogen-bond donors (Lipinski definition) is 3. The number of alkyl halides is 2. The third kappa shape index (κ3) is 8.34. The molecule has 17 heteroatoms. The number of halogens is 2. The lowest BCUT2D eigenvalue weighted by Crippen LogP contribution is -2.60. The number of amides is 4. The average Bonchev–Trinajstić information content (AvgIpc) is 4.06. The molecule has 14 nitrogen and oxygen atoms in total. The van der Waals surface area contributed by atoms with Gasteiger partial charge in [0.25, 0.3) is 5.91 Å². The molecule has 1 aromatic heterocycles. The zero-order valence-corrected chi connectivity index (χ0v) is 36.2. The molecule has 3 saturated carbocycles. The first kappa shape index (κ1) is 43.0. The third-order valence-corrected chi connectivity index (χ3v) is 16.0. The molecule has 2 aliphatic heterocycles. The predicted molar refractivity (Wildman–Crippen MR) is 222 cm³/mol. The van der Waals surface area contributed by atoms with Gasteiger partial charge in [-0.05, 0) is 87.0 Å². The quantitative estimate of drug-likeness (QED) is 0.251. The van der Waals surface area contributed by atoms with Crippen LogP contribution in [0.1, 0.15) is 105 Å². The second-order valence-electron chi connectivity index (χ2n) is 19.3. The summed E-state index contributed by atoms with van der Waals surface area (Å²) in [5.74, 6) is -3.77. The Labute approximate surface area is 354 Å². The van der Waals surface area contributed by atoms with Crippen molar-refractivity contribution in [2.45, 2.75) is 146 Å². The van der Waals surface area contributed by atoms with Crippen LogP contribution in [-0.2, 0) is 35.6 Å². The predicted octanol–water partition coefficient (Wildman–Crippen LogP) is 5.94.